The van der Waals surface area contributed by atoms with E-state index in [1.807, 2.05) is 27.7 Å². The lowest BCUT2D eigenvalue weighted by molar-refractivity contribution is -0.157. The lowest BCUT2D eigenvalue weighted by Gasteiger charge is -2.57. The summed E-state index contributed by atoms with van der Waals surface area (Å²) >= 11 is 0. The highest BCUT2D eigenvalue weighted by Crippen LogP contribution is 2.72. The first-order chi connectivity index (χ1) is 13.0. The van der Waals surface area contributed by atoms with Gasteiger partial charge in [-0.1, -0.05) is 20.8 Å². The summed E-state index contributed by atoms with van der Waals surface area (Å²) in [7, 11) is 0. The van der Waals surface area contributed by atoms with Crippen LogP contribution in [0.2, 0.25) is 0 Å². The van der Waals surface area contributed by atoms with Gasteiger partial charge in [0.15, 0.2) is 0 Å². The van der Waals surface area contributed by atoms with Gasteiger partial charge in [0.1, 0.15) is 11.5 Å². The topological polar surface area (TPSA) is 89.9 Å². The molecule has 0 bridgehead atoms. The van der Waals surface area contributed by atoms with Crippen LogP contribution in [0, 0.1) is 34.5 Å². The summed E-state index contributed by atoms with van der Waals surface area (Å²) < 4.78 is 10.9. The standard InChI is InChI=1S/C22H30O6/c1-6-27-17(24)7-11(2)13-9-14-15(23)10-22(26)12(3)8-16-18(21(14,22)5)20(13,4)19(25)28-16/h11-14,26H,6-10H2,1-5H3/t11-,12-,13-,14-,20-,21+,22+/m0/s1. The van der Waals surface area contributed by atoms with E-state index < -0.39 is 16.4 Å². The first-order valence-corrected chi connectivity index (χ1v) is 10.4. The Hall–Kier alpha value is -1.69. The number of hydrogen-bond donors (Lipinski definition) is 1. The van der Waals surface area contributed by atoms with Gasteiger partial charge in [-0.25, -0.2) is 0 Å². The minimum absolute atomic E-state index is 0.0559. The van der Waals surface area contributed by atoms with Crippen molar-refractivity contribution in [1.29, 1.82) is 0 Å². The van der Waals surface area contributed by atoms with Crippen molar-refractivity contribution in [2.24, 2.45) is 34.5 Å². The Morgan fingerprint density at radius 1 is 1.36 bits per heavy atom. The summed E-state index contributed by atoms with van der Waals surface area (Å²) in [6, 6.07) is 0. The Labute approximate surface area is 165 Å². The number of aliphatic hydroxyl groups is 1. The van der Waals surface area contributed by atoms with Crippen molar-refractivity contribution in [3.8, 4) is 0 Å². The van der Waals surface area contributed by atoms with Gasteiger partial charge in [0.2, 0.25) is 0 Å². The molecule has 6 heteroatoms. The van der Waals surface area contributed by atoms with E-state index in [-0.39, 0.29) is 54.2 Å². The number of carbonyl (C=O) groups is 3. The smallest absolute Gasteiger partial charge is 0.321 e. The third-order valence-electron chi connectivity index (χ3n) is 8.40. The Morgan fingerprint density at radius 3 is 2.68 bits per heavy atom. The molecule has 0 spiro atoms. The molecule has 0 aromatic rings. The molecular formula is C22H30O6. The average Bonchev–Trinajstić information content (AvgIpc) is 2.96. The van der Waals surface area contributed by atoms with Crippen LogP contribution in [0.15, 0.2) is 11.3 Å². The average molecular weight is 390 g/mol. The maximum absolute atomic E-state index is 13.1. The number of ketones is 1. The summed E-state index contributed by atoms with van der Waals surface area (Å²) in [5, 5.41) is 11.6. The van der Waals surface area contributed by atoms with Crippen molar-refractivity contribution in [3.63, 3.8) is 0 Å². The van der Waals surface area contributed by atoms with Crippen LogP contribution in [0.4, 0.5) is 0 Å². The fourth-order valence-corrected chi connectivity index (χ4v) is 6.97. The molecule has 28 heavy (non-hydrogen) atoms. The molecule has 0 amide bonds. The van der Waals surface area contributed by atoms with E-state index in [9.17, 15) is 19.5 Å². The zero-order valence-electron chi connectivity index (χ0n) is 17.3. The maximum atomic E-state index is 13.1. The van der Waals surface area contributed by atoms with Gasteiger partial charge in [0, 0.05) is 30.6 Å². The molecular weight excluding hydrogens is 360 g/mol. The summed E-state index contributed by atoms with van der Waals surface area (Å²) in [5.41, 5.74) is -2.06. The molecule has 2 fully saturated rings. The molecule has 7 atom stereocenters. The summed E-state index contributed by atoms with van der Waals surface area (Å²) in [6.45, 7) is 9.78. The molecule has 1 heterocycles. The summed E-state index contributed by atoms with van der Waals surface area (Å²) in [4.78, 5) is 38.2. The molecule has 154 valence electrons. The van der Waals surface area contributed by atoms with Crippen LogP contribution >= 0.6 is 0 Å². The van der Waals surface area contributed by atoms with E-state index in [0.29, 0.717) is 25.2 Å². The third-order valence-corrected chi connectivity index (χ3v) is 8.40. The molecule has 0 saturated heterocycles. The maximum Gasteiger partial charge on any atom is 0.321 e. The second-order valence-corrected chi connectivity index (χ2v) is 9.65. The first kappa shape index (κ1) is 19.6. The van der Waals surface area contributed by atoms with Gasteiger partial charge in [-0.05, 0) is 43.6 Å². The van der Waals surface area contributed by atoms with Crippen molar-refractivity contribution in [2.75, 3.05) is 6.61 Å². The number of ether oxygens (including phenoxy) is 2. The normalized spacial score (nSPS) is 45.0. The second kappa shape index (κ2) is 5.91. The Morgan fingerprint density at radius 2 is 2.04 bits per heavy atom. The molecule has 1 aliphatic heterocycles. The van der Waals surface area contributed by atoms with Crippen LogP contribution in [0.3, 0.4) is 0 Å². The Kier molecular flexibility index (Phi) is 4.14. The molecule has 4 rings (SSSR count). The van der Waals surface area contributed by atoms with Crippen molar-refractivity contribution in [3.05, 3.63) is 11.3 Å². The van der Waals surface area contributed by atoms with Crippen LogP contribution in [-0.2, 0) is 23.9 Å². The fourth-order valence-electron chi connectivity index (χ4n) is 6.97. The lowest BCUT2D eigenvalue weighted by Crippen LogP contribution is -2.60. The minimum atomic E-state index is -1.15. The molecule has 0 radical (unpaired) electrons. The monoisotopic (exact) mass is 390 g/mol. The molecule has 1 N–H and O–H groups in total. The Bertz CT molecular complexity index is 799. The van der Waals surface area contributed by atoms with Crippen molar-refractivity contribution >= 4 is 17.7 Å². The number of esters is 2. The Balaban J connectivity index is 1.82. The number of hydrogen-bond acceptors (Lipinski definition) is 6. The summed E-state index contributed by atoms with van der Waals surface area (Å²) in [6.07, 6.45) is 1.26. The predicted octanol–water partition coefficient (Wildman–Crippen LogP) is 2.78. The SMILES string of the molecule is CCOC(=O)C[C@H](C)[C@@H]1C[C@H]2C(=O)C[C@@]3(O)[C@@H](C)CC4=C([C@@]1(C)C(=O)O4)[C@@]23C. The van der Waals surface area contributed by atoms with E-state index in [1.165, 1.54) is 0 Å². The van der Waals surface area contributed by atoms with Gasteiger partial charge in [-0.3, -0.25) is 14.4 Å². The highest BCUT2D eigenvalue weighted by atomic mass is 16.5. The van der Waals surface area contributed by atoms with Gasteiger partial charge in [-0.15, -0.1) is 0 Å². The van der Waals surface area contributed by atoms with Gasteiger partial charge >= 0.3 is 11.9 Å². The molecule has 6 nitrogen and oxygen atoms in total. The molecule has 0 aromatic heterocycles. The zero-order chi connectivity index (χ0) is 20.6. The highest BCUT2D eigenvalue weighted by Gasteiger charge is 2.76. The van der Waals surface area contributed by atoms with Crippen LogP contribution in [0.25, 0.3) is 0 Å². The molecule has 4 aliphatic rings. The summed E-state index contributed by atoms with van der Waals surface area (Å²) in [5.74, 6) is -0.784. The molecule has 0 aromatic carbocycles. The quantitative estimate of drug-likeness (QED) is 0.743. The molecule has 2 saturated carbocycles. The van der Waals surface area contributed by atoms with E-state index in [2.05, 4.69) is 0 Å². The van der Waals surface area contributed by atoms with Crippen molar-refractivity contribution in [2.45, 2.75) is 65.9 Å². The van der Waals surface area contributed by atoms with Crippen molar-refractivity contribution < 1.29 is 29.0 Å². The third kappa shape index (κ3) is 2.10. The van der Waals surface area contributed by atoms with Crippen LogP contribution in [-0.4, -0.2) is 35.0 Å². The van der Waals surface area contributed by atoms with Gasteiger partial charge in [0.05, 0.1) is 17.6 Å². The van der Waals surface area contributed by atoms with Crippen LogP contribution < -0.4 is 0 Å². The second-order valence-electron chi connectivity index (χ2n) is 9.65. The van der Waals surface area contributed by atoms with Crippen molar-refractivity contribution in [1.82, 2.24) is 0 Å². The van der Waals surface area contributed by atoms with E-state index in [4.69, 9.17) is 9.47 Å². The van der Waals surface area contributed by atoms with Gasteiger partial charge in [0.25, 0.3) is 0 Å². The van der Waals surface area contributed by atoms with Crippen LogP contribution in [0.1, 0.15) is 60.3 Å². The minimum Gasteiger partial charge on any atom is -0.466 e. The predicted molar refractivity (Wildman–Crippen MR) is 99.7 cm³/mol. The van der Waals surface area contributed by atoms with Crippen LogP contribution in [0.5, 0.6) is 0 Å². The van der Waals surface area contributed by atoms with E-state index in [0.717, 1.165) is 5.57 Å². The highest BCUT2D eigenvalue weighted by molar-refractivity contribution is 5.93. The fraction of sp³-hybridized carbons (Fsp3) is 0.773. The van der Waals surface area contributed by atoms with Gasteiger partial charge in [-0.2, -0.15) is 0 Å². The van der Waals surface area contributed by atoms with E-state index in [1.54, 1.807) is 6.92 Å². The first-order valence-electron chi connectivity index (χ1n) is 10.4. The van der Waals surface area contributed by atoms with E-state index >= 15 is 0 Å². The largest absolute Gasteiger partial charge is 0.466 e. The van der Waals surface area contributed by atoms with Gasteiger partial charge < -0.3 is 14.6 Å². The lowest BCUT2D eigenvalue weighted by atomic mass is 9.45. The molecule has 3 aliphatic carbocycles. The number of allylic oxidation sites excluding steroid dienone is 1. The number of rotatable bonds is 4. The zero-order valence-corrected chi connectivity index (χ0v) is 17.3. The molecule has 0 unspecified atom stereocenters. The number of Topliss-reactive ketones (excluding diaryl/α,β-unsaturated/α-hetero) is 1. The number of carbonyl (C=O) groups excluding carboxylic acids is 3.